The Bertz CT molecular complexity index is 889. The topological polar surface area (TPSA) is 160 Å². The molecule has 0 amide bonds. The van der Waals surface area contributed by atoms with Gasteiger partial charge >= 0.3 is 0 Å². The Morgan fingerprint density at radius 2 is 1.51 bits per heavy atom. The van der Waals surface area contributed by atoms with Crippen LogP contribution in [0.3, 0.4) is 0 Å². The van der Waals surface area contributed by atoms with E-state index >= 15 is 0 Å². The Labute approximate surface area is 245 Å². The number of aliphatic hydroxyl groups excluding tert-OH is 7. The summed E-state index contributed by atoms with van der Waals surface area (Å²) >= 11 is 0. The fourth-order valence-electron chi connectivity index (χ4n) is 10.6. The standard InChI is InChI=1S/C32H56O9/c1-16(5-6-26(17(2)14-33)41-30-29(39)28(38)25(37)15-40-30)21-13-24(36)27-19-12-23(35)22-11-18(34)7-9-31(22,3)20(19)8-10-32(21,27)4/h16-30,33-39H,5-15H2,1-4H3. The lowest BCUT2D eigenvalue weighted by atomic mass is 9.43. The minimum Gasteiger partial charge on any atom is -0.396 e. The monoisotopic (exact) mass is 584 g/mol. The molecule has 0 aromatic rings. The van der Waals surface area contributed by atoms with Crippen molar-refractivity contribution in [3.63, 3.8) is 0 Å². The van der Waals surface area contributed by atoms with Gasteiger partial charge in [0.2, 0.25) is 0 Å². The lowest BCUT2D eigenvalue weighted by Gasteiger charge is -2.62. The number of rotatable bonds is 8. The molecule has 0 radical (unpaired) electrons. The number of fused-ring (bicyclic) bond motifs is 5. The van der Waals surface area contributed by atoms with E-state index < -0.39 is 42.9 Å². The normalized spacial score (nSPS) is 52.2. The summed E-state index contributed by atoms with van der Waals surface area (Å²) in [4.78, 5) is 0. The quantitative estimate of drug-likeness (QED) is 0.226. The van der Waals surface area contributed by atoms with Crippen molar-refractivity contribution in [2.45, 2.75) is 135 Å². The SMILES string of the molecule is CC(CO)C(CCC(C)C1CC(O)C2C3CC(O)C4CC(O)CCC4(C)C3CCC12C)OC1OCC(O)C(O)C1O. The molecule has 0 aromatic heterocycles. The van der Waals surface area contributed by atoms with Gasteiger partial charge in [-0.2, -0.15) is 0 Å². The number of aliphatic hydroxyl groups is 7. The first-order chi connectivity index (χ1) is 19.3. The predicted octanol–water partition coefficient (Wildman–Crippen LogP) is 1.82. The highest BCUT2D eigenvalue weighted by atomic mass is 16.7. The Morgan fingerprint density at radius 1 is 0.805 bits per heavy atom. The van der Waals surface area contributed by atoms with Crippen LogP contribution in [-0.2, 0) is 9.47 Å². The van der Waals surface area contributed by atoms with Gasteiger partial charge in [0, 0.05) is 12.5 Å². The molecule has 5 rings (SSSR count). The van der Waals surface area contributed by atoms with Gasteiger partial charge in [-0.3, -0.25) is 0 Å². The van der Waals surface area contributed by atoms with Crippen LogP contribution in [-0.4, -0.2) is 98.0 Å². The van der Waals surface area contributed by atoms with Gasteiger partial charge in [-0.25, -0.2) is 0 Å². The smallest absolute Gasteiger partial charge is 0.186 e. The van der Waals surface area contributed by atoms with Crippen LogP contribution in [0.2, 0.25) is 0 Å². The van der Waals surface area contributed by atoms with E-state index in [1.807, 2.05) is 6.92 Å². The van der Waals surface area contributed by atoms with Gasteiger partial charge in [0.15, 0.2) is 6.29 Å². The van der Waals surface area contributed by atoms with E-state index in [4.69, 9.17) is 9.47 Å². The van der Waals surface area contributed by atoms with Gasteiger partial charge in [-0.05, 0) is 104 Å². The van der Waals surface area contributed by atoms with Crippen molar-refractivity contribution in [3.05, 3.63) is 0 Å². The summed E-state index contributed by atoms with van der Waals surface area (Å²) in [5.41, 5.74) is -0.0222. The predicted molar refractivity (Wildman–Crippen MR) is 151 cm³/mol. The zero-order chi connectivity index (χ0) is 29.9. The molecule has 4 aliphatic carbocycles. The molecule has 1 aliphatic heterocycles. The molecule has 1 heterocycles. The summed E-state index contributed by atoms with van der Waals surface area (Å²) in [6, 6.07) is 0. The van der Waals surface area contributed by atoms with E-state index in [1.54, 1.807) is 0 Å². The third-order valence-electron chi connectivity index (χ3n) is 13.0. The van der Waals surface area contributed by atoms with Crippen LogP contribution in [0.4, 0.5) is 0 Å². The lowest BCUT2D eigenvalue weighted by molar-refractivity contribution is -0.288. The molecule has 0 spiro atoms. The van der Waals surface area contributed by atoms with Gasteiger partial charge in [-0.15, -0.1) is 0 Å². The third-order valence-corrected chi connectivity index (χ3v) is 13.0. The molecule has 17 unspecified atom stereocenters. The highest BCUT2D eigenvalue weighted by molar-refractivity contribution is 5.13. The molecule has 238 valence electrons. The van der Waals surface area contributed by atoms with E-state index in [0.717, 1.165) is 38.5 Å². The average Bonchev–Trinajstić information content (AvgIpc) is 3.21. The minimum absolute atomic E-state index is 0.00663. The fourth-order valence-corrected chi connectivity index (χ4v) is 10.6. The summed E-state index contributed by atoms with van der Waals surface area (Å²) in [7, 11) is 0. The minimum atomic E-state index is -1.37. The van der Waals surface area contributed by atoms with E-state index in [2.05, 4.69) is 20.8 Å². The van der Waals surface area contributed by atoms with E-state index in [1.165, 1.54) is 0 Å². The molecule has 41 heavy (non-hydrogen) atoms. The van der Waals surface area contributed by atoms with Crippen molar-refractivity contribution in [2.24, 2.45) is 52.3 Å². The first kappa shape index (κ1) is 32.0. The maximum atomic E-state index is 11.6. The molecule has 9 heteroatoms. The summed E-state index contributed by atoms with van der Waals surface area (Å²) in [6.45, 7) is 8.62. The first-order valence-electron chi connectivity index (χ1n) is 16.3. The molecule has 5 fully saturated rings. The highest BCUT2D eigenvalue weighted by Gasteiger charge is 2.64. The van der Waals surface area contributed by atoms with E-state index in [-0.39, 0.29) is 53.8 Å². The molecule has 7 N–H and O–H groups in total. The van der Waals surface area contributed by atoms with Crippen LogP contribution < -0.4 is 0 Å². The van der Waals surface area contributed by atoms with Crippen molar-refractivity contribution in [3.8, 4) is 0 Å². The largest absolute Gasteiger partial charge is 0.396 e. The van der Waals surface area contributed by atoms with Crippen molar-refractivity contribution in [1.82, 2.24) is 0 Å². The third kappa shape index (κ3) is 5.66. The zero-order valence-electron chi connectivity index (χ0n) is 25.4. The number of ether oxygens (including phenoxy) is 2. The maximum Gasteiger partial charge on any atom is 0.186 e. The second-order valence-electron chi connectivity index (χ2n) is 15.2. The molecular weight excluding hydrogens is 528 g/mol. The van der Waals surface area contributed by atoms with E-state index in [0.29, 0.717) is 37.0 Å². The van der Waals surface area contributed by atoms with Crippen molar-refractivity contribution in [1.29, 1.82) is 0 Å². The van der Waals surface area contributed by atoms with Crippen LogP contribution in [0.5, 0.6) is 0 Å². The average molecular weight is 585 g/mol. The summed E-state index contributed by atoms with van der Waals surface area (Å²) < 4.78 is 11.6. The van der Waals surface area contributed by atoms with Gasteiger partial charge in [0.1, 0.15) is 18.3 Å². The molecule has 17 atom stereocenters. The number of hydrogen-bond acceptors (Lipinski definition) is 9. The van der Waals surface area contributed by atoms with Crippen LogP contribution >= 0.6 is 0 Å². The molecule has 5 aliphatic rings. The van der Waals surface area contributed by atoms with Gasteiger partial charge < -0.3 is 45.2 Å². The fraction of sp³-hybridized carbons (Fsp3) is 1.00. The highest BCUT2D eigenvalue weighted by Crippen LogP contribution is 2.68. The molecule has 9 nitrogen and oxygen atoms in total. The summed E-state index contributed by atoms with van der Waals surface area (Å²) in [5, 5.41) is 73.4. The Hall–Kier alpha value is -0.360. The first-order valence-corrected chi connectivity index (χ1v) is 16.3. The van der Waals surface area contributed by atoms with Crippen LogP contribution in [0.25, 0.3) is 0 Å². The summed E-state index contributed by atoms with van der Waals surface area (Å²) in [6.07, 6.45) is 0.976. The summed E-state index contributed by atoms with van der Waals surface area (Å²) in [5.74, 6) is 1.43. The molecule has 1 saturated heterocycles. The van der Waals surface area contributed by atoms with Gasteiger partial charge in [0.25, 0.3) is 0 Å². The van der Waals surface area contributed by atoms with Crippen molar-refractivity contribution in [2.75, 3.05) is 13.2 Å². The Kier molecular flexibility index (Phi) is 9.54. The molecule has 4 saturated carbocycles. The van der Waals surface area contributed by atoms with Crippen molar-refractivity contribution >= 4 is 0 Å². The maximum absolute atomic E-state index is 11.6. The lowest BCUT2D eigenvalue weighted by Crippen LogP contribution is -2.59. The van der Waals surface area contributed by atoms with Crippen LogP contribution in [0.1, 0.15) is 85.5 Å². The van der Waals surface area contributed by atoms with Crippen LogP contribution in [0, 0.1) is 52.3 Å². The Morgan fingerprint density at radius 3 is 2.22 bits per heavy atom. The van der Waals surface area contributed by atoms with Crippen molar-refractivity contribution < 1.29 is 45.2 Å². The zero-order valence-corrected chi connectivity index (χ0v) is 25.4. The van der Waals surface area contributed by atoms with Gasteiger partial charge in [0.05, 0.1) is 31.0 Å². The molecular formula is C32H56O9. The number of hydrogen-bond donors (Lipinski definition) is 7. The molecule has 0 bridgehead atoms. The second kappa shape index (κ2) is 12.2. The van der Waals surface area contributed by atoms with Crippen LogP contribution in [0.15, 0.2) is 0 Å². The van der Waals surface area contributed by atoms with Gasteiger partial charge in [-0.1, -0.05) is 27.7 Å². The van der Waals surface area contributed by atoms with E-state index in [9.17, 15) is 35.7 Å². The Balaban J connectivity index is 1.27. The second-order valence-corrected chi connectivity index (χ2v) is 15.2. The molecule has 0 aromatic carbocycles.